The Kier molecular flexibility index (Phi) is 31.7. The van der Waals surface area contributed by atoms with Gasteiger partial charge in [-0.3, -0.25) is 0 Å². The topological polar surface area (TPSA) is 0 Å². The van der Waals surface area contributed by atoms with E-state index >= 15 is 0 Å². The molecule has 0 aliphatic heterocycles. The van der Waals surface area contributed by atoms with Crippen molar-refractivity contribution in [2.75, 3.05) is 0 Å². The van der Waals surface area contributed by atoms with E-state index in [1.165, 1.54) is 116 Å². The second-order valence-corrected chi connectivity index (χ2v) is 29.5. The zero-order valence-electron chi connectivity index (χ0n) is 68.7. The Morgan fingerprint density at radius 3 is 0.592 bits per heavy atom. The van der Waals surface area contributed by atoms with E-state index in [0.29, 0.717) is 17.8 Å². The van der Waals surface area contributed by atoms with Crippen LogP contribution in [0.15, 0.2) is 552 Å². The van der Waals surface area contributed by atoms with Crippen molar-refractivity contribution in [3.8, 4) is 11.1 Å². The first-order valence-electron chi connectivity index (χ1n) is 41.8. The van der Waals surface area contributed by atoms with Gasteiger partial charge in [0.25, 0.3) is 0 Å². The first-order valence-corrected chi connectivity index (χ1v) is 41.8. The van der Waals surface area contributed by atoms with Crippen molar-refractivity contribution in [2.45, 2.75) is 49.9 Å². The third-order valence-corrected chi connectivity index (χ3v) is 21.6. The van der Waals surface area contributed by atoms with Crippen LogP contribution in [0.25, 0.3) is 21.9 Å². The van der Waals surface area contributed by atoms with Crippen LogP contribution in [0.3, 0.4) is 0 Å². The molecule has 3 aliphatic carbocycles. The average molecular weight is 1550 g/mol. The Morgan fingerprint density at radius 1 is 0.192 bits per heavy atom. The van der Waals surface area contributed by atoms with Gasteiger partial charge >= 0.3 is 0 Å². The fourth-order valence-electron chi connectivity index (χ4n) is 15.8. The Balaban J connectivity index is 0.000000121. The maximum atomic E-state index is 2.30. The lowest BCUT2D eigenvalue weighted by atomic mass is 9.61. The molecule has 0 saturated heterocycles. The van der Waals surface area contributed by atoms with Crippen LogP contribution in [0.2, 0.25) is 0 Å². The molecule has 0 saturated carbocycles. The number of hydrogen-bond donors (Lipinski definition) is 0. The van der Waals surface area contributed by atoms with Crippen LogP contribution < -0.4 is 0 Å². The maximum absolute atomic E-state index is 2.30. The predicted molar refractivity (Wildman–Crippen MR) is 511 cm³/mol. The summed E-state index contributed by atoms with van der Waals surface area (Å²) in [6, 6.07) is 193. The molecule has 2 bridgehead atoms. The van der Waals surface area contributed by atoms with E-state index in [-0.39, 0.29) is 5.41 Å². The molecule has 0 nitrogen and oxygen atoms in total. The highest BCUT2D eigenvalue weighted by molar-refractivity contribution is 5.82. The van der Waals surface area contributed by atoms with Crippen molar-refractivity contribution in [2.24, 2.45) is 0 Å². The number of aryl methyl sites for hydroxylation is 2. The first-order chi connectivity index (χ1) is 59.5. The summed E-state index contributed by atoms with van der Waals surface area (Å²) in [7, 11) is 0. The molecule has 0 atom stereocenters. The molecule has 19 aromatic rings. The van der Waals surface area contributed by atoms with Gasteiger partial charge < -0.3 is 0 Å². The SMILES string of the molecule is CCc1ccccc1.Cc1ccccc1.c1ccc(-c2ccccc2)cc1.c1ccc(C(c2ccccc2)(c2ccccc2)c2ccccc2)cc1.c1ccc(C(c2ccccc2)c2ccccc2)cc1.c1ccc(Cc2ccccc2)cc1.c1ccc2c(c1)C1c3ccccc3C2c2ccccc21.c1ccc2ccccc2c1.c1ccccc1. The fourth-order valence-corrected chi connectivity index (χ4v) is 15.8. The predicted octanol–water partition coefficient (Wildman–Crippen LogP) is 31.0. The highest BCUT2D eigenvalue weighted by Gasteiger charge is 2.41. The third-order valence-electron chi connectivity index (χ3n) is 21.6. The summed E-state index contributed by atoms with van der Waals surface area (Å²) in [5.74, 6) is 1.15. The quantitative estimate of drug-likeness (QED) is 0.113. The smallest absolute Gasteiger partial charge is 0.0623 e. The molecule has 120 heavy (non-hydrogen) atoms. The van der Waals surface area contributed by atoms with Gasteiger partial charge in [0.2, 0.25) is 0 Å². The summed E-state index contributed by atoms with van der Waals surface area (Å²) in [5, 5.41) is 2.62. The van der Waals surface area contributed by atoms with Crippen LogP contribution in [-0.4, -0.2) is 0 Å². The van der Waals surface area contributed by atoms with Crippen LogP contribution in [0, 0.1) is 6.92 Å². The molecule has 0 fully saturated rings. The molecule has 19 aromatic carbocycles. The van der Waals surface area contributed by atoms with Gasteiger partial charge in [-0.15, -0.1) is 0 Å². The van der Waals surface area contributed by atoms with Crippen molar-refractivity contribution < 1.29 is 0 Å². The molecule has 0 unspecified atom stereocenters. The van der Waals surface area contributed by atoms with Gasteiger partial charge in [-0.1, -0.05) is 565 Å². The van der Waals surface area contributed by atoms with E-state index in [1.807, 2.05) is 72.8 Å². The lowest BCUT2D eigenvalue weighted by Gasteiger charge is -2.42. The van der Waals surface area contributed by atoms with E-state index in [1.54, 1.807) is 0 Å². The molecule has 0 radical (unpaired) electrons. The summed E-state index contributed by atoms with van der Waals surface area (Å²) in [6.07, 6.45) is 2.17. The van der Waals surface area contributed by atoms with E-state index < -0.39 is 0 Å². The molecule has 0 heterocycles. The number of fused-ring (bicyclic) bond motifs is 1. The van der Waals surface area contributed by atoms with Crippen LogP contribution in [-0.2, 0) is 18.3 Å². The van der Waals surface area contributed by atoms with Crippen molar-refractivity contribution >= 4 is 10.8 Å². The lowest BCUT2D eigenvalue weighted by molar-refractivity contribution is 0.745. The van der Waals surface area contributed by atoms with Crippen LogP contribution >= 0.6 is 0 Å². The summed E-state index contributed by atoms with van der Waals surface area (Å²) < 4.78 is 0. The van der Waals surface area contributed by atoms with Crippen molar-refractivity contribution in [3.05, 3.63) is 647 Å². The van der Waals surface area contributed by atoms with Gasteiger partial charge in [0.05, 0.1) is 5.41 Å². The second kappa shape index (κ2) is 45.7. The molecular weight excluding hydrogens is 1440 g/mol. The van der Waals surface area contributed by atoms with E-state index in [0.717, 1.165) is 12.8 Å². The second-order valence-electron chi connectivity index (χ2n) is 29.5. The minimum Gasteiger partial charge on any atom is -0.0623 e. The van der Waals surface area contributed by atoms with Crippen LogP contribution in [0.1, 0.15) is 119 Å². The summed E-state index contributed by atoms with van der Waals surface area (Å²) in [5.41, 5.74) is 25.8. The van der Waals surface area contributed by atoms with Gasteiger partial charge in [0.1, 0.15) is 0 Å². The highest BCUT2D eigenvalue weighted by Crippen LogP contribution is 2.55. The maximum Gasteiger partial charge on any atom is 0.0701 e. The van der Waals surface area contributed by atoms with Gasteiger partial charge in [0, 0.05) is 17.8 Å². The number of rotatable bonds is 11. The standard InChI is InChI=1S/C25H20.C20H14.C19H16.C13H12.C12H10.C10H8.C8H10.C7H8.C6H6/c1-5-13-21(14-6-1)25(22-15-7-2-8-16-22,23-17-9-3-10-18-23)24-19-11-4-12-20-24;1-2-8-14-13(7-1)19-15-9-3-5-11-17(15)20(14)18-12-6-4-10-16(18)19;1-4-10-16(11-5-1)19(17-12-6-2-7-13-17)18-14-8-3-9-15-18;1-3-7-12(8-4-1)11-13-9-5-2-6-10-13;1-3-7-11(8-4-1)12-9-5-2-6-10-12;1-2-6-10-8-4-3-7-9(10)5-1;1-2-8-6-4-3-5-7-8;1-7-5-3-2-4-6-7;1-2-4-6-5-3-1/h1-20H;1-12,19-20H;1-15,19H;1-10H,11H2;1-10H;1-8H;3-7H,2H2,1H3;2-6H,1H3;1-6H. The normalized spacial score (nSPS) is 11.9. The summed E-state index contributed by atoms with van der Waals surface area (Å²) in [6.45, 7) is 4.25. The summed E-state index contributed by atoms with van der Waals surface area (Å²) in [4.78, 5) is 0. The zero-order chi connectivity index (χ0) is 82.1. The molecule has 3 aliphatic rings. The third kappa shape index (κ3) is 23.2. The first kappa shape index (κ1) is 83.4. The van der Waals surface area contributed by atoms with Gasteiger partial charge in [0.15, 0.2) is 0 Å². The number of hydrogen-bond acceptors (Lipinski definition) is 0. The van der Waals surface area contributed by atoms with E-state index in [4.69, 9.17) is 0 Å². The van der Waals surface area contributed by atoms with Gasteiger partial charge in [-0.25, -0.2) is 0 Å². The van der Waals surface area contributed by atoms with Crippen molar-refractivity contribution in [1.82, 2.24) is 0 Å². The Bertz CT molecular complexity index is 5370. The largest absolute Gasteiger partial charge is 0.0701 e. The van der Waals surface area contributed by atoms with Crippen molar-refractivity contribution in [1.29, 1.82) is 0 Å². The highest BCUT2D eigenvalue weighted by atomic mass is 14.4. The van der Waals surface area contributed by atoms with Crippen LogP contribution in [0.4, 0.5) is 0 Å². The molecule has 0 aromatic heterocycles. The minimum absolute atomic E-state index is 0.309. The lowest BCUT2D eigenvalue weighted by Crippen LogP contribution is -2.30. The molecule has 584 valence electrons. The fraction of sp³-hybridized carbons (Fsp3) is 0.0667. The van der Waals surface area contributed by atoms with E-state index in [9.17, 15) is 0 Å². The average Bonchev–Trinajstić information content (AvgIpc) is 0.719. The minimum atomic E-state index is -0.328. The Labute approximate surface area is 713 Å². The molecule has 0 N–H and O–H groups in total. The zero-order valence-corrected chi connectivity index (χ0v) is 68.7. The van der Waals surface area contributed by atoms with Crippen LogP contribution in [0.5, 0.6) is 0 Å². The molecular formula is C120H104. The monoisotopic (exact) mass is 1540 g/mol. The van der Waals surface area contributed by atoms with Crippen molar-refractivity contribution in [3.63, 3.8) is 0 Å². The van der Waals surface area contributed by atoms with E-state index in [2.05, 4.69) is 493 Å². The molecule has 0 spiro atoms. The molecule has 0 amide bonds. The Hall–Kier alpha value is -14.6. The molecule has 22 rings (SSSR count). The number of benzene rings is 19. The van der Waals surface area contributed by atoms with Gasteiger partial charge in [-0.2, -0.15) is 0 Å². The summed E-state index contributed by atoms with van der Waals surface area (Å²) >= 11 is 0. The Morgan fingerprint density at radius 2 is 0.375 bits per heavy atom. The van der Waals surface area contributed by atoms with Gasteiger partial charge in [-0.05, 0) is 131 Å². The molecule has 0 heteroatoms.